The topological polar surface area (TPSA) is 63.0 Å². The Balaban J connectivity index is 1.87. The van der Waals surface area contributed by atoms with Gasteiger partial charge in [0, 0.05) is 30.7 Å². The van der Waals surface area contributed by atoms with E-state index in [4.69, 9.17) is 0 Å². The number of aryl methyl sites for hydroxylation is 1. The molecule has 106 valence electrons. The molecule has 2 N–H and O–H groups in total. The fourth-order valence-corrected chi connectivity index (χ4v) is 2.18. The first-order chi connectivity index (χ1) is 10.3. The van der Waals surface area contributed by atoms with E-state index < -0.39 is 0 Å². The third kappa shape index (κ3) is 2.72. The highest BCUT2D eigenvalue weighted by Gasteiger charge is 2.08. The monoisotopic (exact) mass is 280 g/mol. The highest BCUT2D eigenvalue weighted by atomic mass is 16.3. The molecule has 0 saturated heterocycles. The van der Waals surface area contributed by atoms with Gasteiger partial charge in [0.05, 0.1) is 5.69 Å². The van der Waals surface area contributed by atoms with Gasteiger partial charge in [0.15, 0.2) is 5.82 Å². The summed E-state index contributed by atoms with van der Waals surface area (Å²) in [5, 5.41) is 13.1. The molecule has 0 radical (unpaired) electrons. The van der Waals surface area contributed by atoms with Crippen molar-refractivity contribution in [3.05, 3.63) is 66.4 Å². The van der Waals surface area contributed by atoms with Gasteiger partial charge in [-0.3, -0.25) is 4.57 Å². The number of para-hydroxylation sites is 1. The third-order valence-electron chi connectivity index (χ3n) is 3.30. The highest BCUT2D eigenvalue weighted by molar-refractivity contribution is 5.57. The van der Waals surface area contributed by atoms with E-state index in [2.05, 4.69) is 15.3 Å². The van der Waals surface area contributed by atoms with Crippen molar-refractivity contribution in [2.75, 3.05) is 5.32 Å². The van der Waals surface area contributed by atoms with Crippen LogP contribution in [0.2, 0.25) is 0 Å². The smallest absolute Gasteiger partial charge is 0.161 e. The first kappa shape index (κ1) is 13.2. The lowest BCUT2D eigenvalue weighted by Crippen LogP contribution is -2.07. The molecule has 0 aliphatic rings. The van der Waals surface area contributed by atoms with Crippen LogP contribution < -0.4 is 5.32 Å². The third-order valence-corrected chi connectivity index (χ3v) is 3.30. The number of anilines is 1. The number of hydrogen-bond acceptors (Lipinski definition) is 4. The molecule has 3 aromatic rings. The number of phenolic OH excluding ortho intramolecular Hbond substituents is 1. The predicted molar refractivity (Wildman–Crippen MR) is 81.5 cm³/mol. The summed E-state index contributed by atoms with van der Waals surface area (Å²) in [6, 6.07) is 11.1. The van der Waals surface area contributed by atoms with Gasteiger partial charge in [0.1, 0.15) is 11.6 Å². The van der Waals surface area contributed by atoms with Crippen LogP contribution >= 0.6 is 0 Å². The number of benzene rings is 1. The van der Waals surface area contributed by atoms with Crippen LogP contribution in [0.3, 0.4) is 0 Å². The van der Waals surface area contributed by atoms with Crippen LogP contribution in [-0.2, 0) is 6.54 Å². The molecule has 2 aromatic heterocycles. The number of rotatable bonds is 4. The molecule has 5 nitrogen and oxygen atoms in total. The predicted octanol–water partition coefficient (Wildman–Crippen LogP) is 2.89. The Hall–Kier alpha value is -2.82. The highest BCUT2D eigenvalue weighted by Crippen LogP contribution is 2.21. The molecule has 0 unspecified atom stereocenters. The lowest BCUT2D eigenvalue weighted by atomic mass is 10.2. The Labute approximate surface area is 122 Å². The summed E-state index contributed by atoms with van der Waals surface area (Å²) >= 11 is 0. The zero-order chi connectivity index (χ0) is 14.7. The molecule has 1 aromatic carbocycles. The molecule has 0 spiro atoms. The maximum Gasteiger partial charge on any atom is 0.161 e. The second kappa shape index (κ2) is 5.66. The van der Waals surface area contributed by atoms with E-state index in [9.17, 15) is 5.11 Å². The van der Waals surface area contributed by atoms with Crippen LogP contribution in [0, 0.1) is 6.92 Å². The maximum absolute atomic E-state index is 9.82. The Kier molecular flexibility index (Phi) is 3.55. The molecule has 0 atom stereocenters. The standard InChI is InChI=1S/C16H16N4O/c1-12-17-9-10-20(12)16-14(6-4-8-18-16)19-11-13-5-2-3-7-15(13)21/h2-10,19,21H,11H2,1H3. The molecule has 21 heavy (non-hydrogen) atoms. The SMILES string of the molecule is Cc1nccn1-c1ncccc1NCc1ccccc1O. The molecular weight excluding hydrogens is 264 g/mol. The van der Waals surface area contributed by atoms with Gasteiger partial charge in [-0.25, -0.2) is 9.97 Å². The fourth-order valence-electron chi connectivity index (χ4n) is 2.18. The molecule has 0 aliphatic heterocycles. The van der Waals surface area contributed by atoms with Crippen molar-refractivity contribution in [1.29, 1.82) is 0 Å². The molecule has 0 amide bonds. The second-order valence-electron chi connectivity index (χ2n) is 4.70. The zero-order valence-electron chi connectivity index (χ0n) is 11.7. The molecule has 2 heterocycles. The Morgan fingerprint density at radius 2 is 1.95 bits per heavy atom. The number of pyridine rings is 1. The average Bonchev–Trinajstić information content (AvgIpc) is 2.93. The van der Waals surface area contributed by atoms with Gasteiger partial charge in [-0.15, -0.1) is 0 Å². The second-order valence-corrected chi connectivity index (χ2v) is 4.70. The minimum Gasteiger partial charge on any atom is -0.508 e. The Bertz CT molecular complexity index is 751. The normalized spacial score (nSPS) is 10.5. The summed E-state index contributed by atoms with van der Waals surface area (Å²) in [4.78, 5) is 8.64. The van der Waals surface area contributed by atoms with E-state index in [1.54, 1.807) is 18.5 Å². The van der Waals surface area contributed by atoms with Gasteiger partial charge in [-0.1, -0.05) is 18.2 Å². The van der Waals surface area contributed by atoms with Crippen LogP contribution in [0.15, 0.2) is 55.0 Å². The molecule has 0 aliphatic carbocycles. The minimum atomic E-state index is 0.286. The van der Waals surface area contributed by atoms with Crippen LogP contribution in [0.5, 0.6) is 5.75 Å². The lowest BCUT2D eigenvalue weighted by molar-refractivity contribution is 0.469. The van der Waals surface area contributed by atoms with Gasteiger partial charge in [0.25, 0.3) is 0 Å². The van der Waals surface area contributed by atoms with Crippen molar-refractivity contribution >= 4 is 5.69 Å². The first-order valence-corrected chi connectivity index (χ1v) is 6.72. The summed E-state index contributed by atoms with van der Waals surface area (Å²) in [5.74, 6) is 1.96. The van der Waals surface area contributed by atoms with Crippen molar-refractivity contribution in [1.82, 2.24) is 14.5 Å². The first-order valence-electron chi connectivity index (χ1n) is 6.72. The van der Waals surface area contributed by atoms with Crippen molar-refractivity contribution < 1.29 is 5.11 Å². The minimum absolute atomic E-state index is 0.286. The van der Waals surface area contributed by atoms with Gasteiger partial charge in [-0.05, 0) is 25.1 Å². The average molecular weight is 280 g/mol. The number of imidazole rings is 1. The van der Waals surface area contributed by atoms with Crippen molar-refractivity contribution in [2.24, 2.45) is 0 Å². The molecule has 5 heteroatoms. The molecule has 0 fully saturated rings. The van der Waals surface area contributed by atoms with E-state index in [0.29, 0.717) is 6.54 Å². The number of nitrogens with zero attached hydrogens (tertiary/aromatic N) is 3. The van der Waals surface area contributed by atoms with E-state index in [0.717, 1.165) is 22.9 Å². The summed E-state index contributed by atoms with van der Waals surface area (Å²) < 4.78 is 1.92. The van der Waals surface area contributed by atoms with E-state index in [-0.39, 0.29) is 5.75 Å². The van der Waals surface area contributed by atoms with E-state index in [1.807, 2.05) is 48.0 Å². The summed E-state index contributed by atoms with van der Waals surface area (Å²) in [6.07, 6.45) is 5.37. The lowest BCUT2D eigenvalue weighted by Gasteiger charge is -2.13. The van der Waals surface area contributed by atoms with Gasteiger partial charge >= 0.3 is 0 Å². The molecule has 0 bridgehead atoms. The van der Waals surface area contributed by atoms with Gasteiger partial charge < -0.3 is 10.4 Å². The van der Waals surface area contributed by atoms with E-state index in [1.165, 1.54) is 0 Å². The molecule has 3 rings (SSSR count). The zero-order valence-corrected chi connectivity index (χ0v) is 11.7. The quantitative estimate of drug-likeness (QED) is 0.771. The van der Waals surface area contributed by atoms with Crippen molar-refractivity contribution in [3.63, 3.8) is 0 Å². The van der Waals surface area contributed by atoms with Crippen LogP contribution in [-0.4, -0.2) is 19.6 Å². The molecular formula is C16H16N4O. The van der Waals surface area contributed by atoms with Crippen molar-refractivity contribution in [3.8, 4) is 11.6 Å². The van der Waals surface area contributed by atoms with Crippen LogP contribution in [0.4, 0.5) is 5.69 Å². The van der Waals surface area contributed by atoms with E-state index >= 15 is 0 Å². The Morgan fingerprint density at radius 3 is 2.71 bits per heavy atom. The summed E-state index contributed by atoms with van der Waals surface area (Å²) in [5.41, 5.74) is 1.73. The number of phenols is 1. The van der Waals surface area contributed by atoms with Gasteiger partial charge in [-0.2, -0.15) is 0 Å². The Morgan fingerprint density at radius 1 is 1.10 bits per heavy atom. The number of nitrogens with one attached hydrogen (secondary N) is 1. The van der Waals surface area contributed by atoms with Crippen LogP contribution in [0.1, 0.15) is 11.4 Å². The largest absolute Gasteiger partial charge is 0.508 e. The number of aromatic nitrogens is 3. The fraction of sp³-hybridized carbons (Fsp3) is 0.125. The number of hydrogen-bond donors (Lipinski definition) is 2. The van der Waals surface area contributed by atoms with Gasteiger partial charge in [0.2, 0.25) is 0 Å². The summed E-state index contributed by atoms with van der Waals surface area (Å²) in [7, 11) is 0. The van der Waals surface area contributed by atoms with Crippen molar-refractivity contribution in [2.45, 2.75) is 13.5 Å². The number of aromatic hydroxyl groups is 1. The molecule has 0 saturated carbocycles. The van der Waals surface area contributed by atoms with Crippen LogP contribution in [0.25, 0.3) is 5.82 Å². The summed E-state index contributed by atoms with van der Waals surface area (Å²) in [6.45, 7) is 2.46. The maximum atomic E-state index is 9.82.